The predicted octanol–water partition coefficient (Wildman–Crippen LogP) is 4.90. The van der Waals surface area contributed by atoms with E-state index >= 15 is 0 Å². The van der Waals surface area contributed by atoms with Gasteiger partial charge in [-0.3, -0.25) is 14.5 Å². The maximum absolute atomic E-state index is 12.9. The third-order valence-corrected chi connectivity index (χ3v) is 6.33. The lowest BCUT2D eigenvalue weighted by Gasteiger charge is -2.11. The van der Waals surface area contributed by atoms with Gasteiger partial charge in [0.2, 0.25) is 0 Å². The summed E-state index contributed by atoms with van der Waals surface area (Å²) < 4.78 is 28.4. The molecule has 0 saturated heterocycles. The first-order chi connectivity index (χ1) is 14.8. The first-order valence-electron chi connectivity index (χ1n) is 9.69. The fourth-order valence-corrected chi connectivity index (χ4v) is 4.58. The summed E-state index contributed by atoms with van der Waals surface area (Å²) in [7, 11) is -3.84. The topological polar surface area (TPSA) is 88.2 Å². The van der Waals surface area contributed by atoms with Crippen molar-refractivity contribution in [3.63, 3.8) is 0 Å². The van der Waals surface area contributed by atoms with Crippen LogP contribution in [0.3, 0.4) is 0 Å². The minimum absolute atomic E-state index is 0.0993. The van der Waals surface area contributed by atoms with E-state index in [1.165, 1.54) is 6.07 Å². The van der Waals surface area contributed by atoms with Crippen molar-refractivity contribution in [1.82, 2.24) is 4.98 Å². The number of nitrogens with one attached hydrogen (secondary N) is 2. The summed E-state index contributed by atoms with van der Waals surface area (Å²) in [6.07, 6.45) is 1.56. The minimum atomic E-state index is -3.84. The zero-order valence-electron chi connectivity index (χ0n) is 17.1. The summed E-state index contributed by atoms with van der Waals surface area (Å²) in [5.74, 6) is -0.264. The van der Waals surface area contributed by atoms with Crippen molar-refractivity contribution in [2.75, 3.05) is 10.0 Å². The second-order valence-corrected chi connectivity index (χ2v) is 8.94. The van der Waals surface area contributed by atoms with Crippen molar-refractivity contribution in [1.29, 1.82) is 0 Å². The van der Waals surface area contributed by atoms with Crippen LogP contribution >= 0.6 is 0 Å². The molecular weight excluding hydrogens is 410 g/mol. The number of benzene rings is 3. The molecule has 156 valence electrons. The minimum Gasteiger partial charge on any atom is -0.322 e. The third kappa shape index (κ3) is 4.41. The zero-order valence-corrected chi connectivity index (χ0v) is 17.9. The van der Waals surface area contributed by atoms with Crippen LogP contribution in [0.15, 0.2) is 83.9 Å². The van der Waals surface area contributed by atoms with Crippen LogP contribution < -0.4 is 10.0 Å². The Morgan fingerprint density at radius 2 is 1.65 bits per heavy atom. The molecule has 4 aromatic rings. The molecule has 0 atom stereocenters. The van der Waals surface area contributed by atoms with Crippen LogP contribution in [0.4, 0.5) is 11.4 Å². The smallest absolute Gasteiger partial charge is 0.264 e. The number of pyridine rings is 1. The SMILES string of the molecule is Cc1ccc(NC(=O)c2ccc(NS(=O)(=O)c3cccc4cccnc34)cc2)c(C)c1. The van der Waals surface area contributed by atoms with E-state index in [-0.39, 0.29) is 10.8 Å². The van der Waals surface area contributed by atoms with Crippen LogP contribution in [-0.4, -0.2) is 19.3 Å². The molecular formula is C24H21N3O3S. The average Bonchev–Trinajstić information content (AvgIpc) is 2.75. The van der Waals surface area contributed by atoms with Gasteiger partial charge < -0.3 is 5.32 Å². The van der Waals surface area contributed by atoms with Crippen LogP contribution in [-0.2, 0) is 10.0 Å². The second kappa shape index (κ2) is 8.20. The molecule has 2 N–H and O–H groups in total. The quantitative estimate of drug-likeness (QED) is 0.470. The molecule has 6 nitrogen and oxygen atoms in total. The Hall–Kier alpha value is -3.71. The van der Waals surface area contributed by atoms with Gasteiger partial charge in [0, 0.05) is 28.5 Å². The zero-order chi connectivity index (χ0) is 22.0. The highest BCUT2D eigenvalue weighted by molar-refractivity contribution is 7.93. The van der Waals surface area contributed by atoms with Gasteiger partial charge >= 0.3 is 0 Å². The number of carbonyl (C=O) groups excluding carboxylic acids is 1. The van der Waals surface area contributed by atoms with Crippen molar-refractivity contribution < 1.29 is 13.2 Å². The maximum atomic E-state index is 12.9. The molecule has 0 radical (unpaired) electrons. The van der Waals surface area contributed by atoms with Crippen LogP contribution in [0.1, 0.15) is 21.5 Å². The molecule has 0 spiro atoms. The highest BCUT2D eigenvalue weighted by atomic mass is 32.2. The Morgan fingerprint density at radius 3 is 2.39 bits per heavy atom. The number of aromatic nitrogens is 1. The van der Waals surface area contributed by atoms with Crippen molar-refractivity contribution >= 4 is 38.2 Å². The Balaban J connectivity index is 1.53. The van der Waals surface area contributed by atoms with Gasteiger partial charge in [0.25, 0.3) is 15.9 Å². The van der Waals surface area contributed by atoms with Crippen molar-refractivity contribution in [2.24, 2.45) is 0 Å². The molecule has 4 rings (SSSR count). The van der Waals surface area contributed by atoms with Gasteiger partial charge in [-0.15, -0.1) is 0 Å². The molecule has 31 heavy (non-hydrogen) atoms. The van der Waals surface area contributed by atoms with Gasteiger partial charge in [-0.2, -0.15) is 0 Å². The van der Waals surface area contributed by atoms with Crippen molar-refractivity contribution in [2.45, 2.75) is 18.7 Å². The van der Waals surface area contributed by atoms with Crippen LogP contribution in [0.25, 0.3) is 10.9 Å². The summed E-state index contributed by atoms with van der Waals surface area (Å²) in [5.41, 5.74) is 4.02. The number of hydrogen-bond acceptors (Lipinski definition) is 4. The number of para-hydroxylation sites is 1. The normalized spacial score (nSPS) is 11.3. The Bertz CT molecular complexity index is 1380. The maximum Gasteiger partial charge on any atom is 0.264 e. The van der Waals surface area contributed by atoms with Crippen LogP contribution in [0.5, 0.6) is 0 Å². The van der Waals surface area contributed by atoms with Crippen LogP contribution in [0, 0.1) is 13.8 Å². The van der Waals surface area contributed by atoms with Gasteiger partial charge in [-0.25, -0.2) is 8.42 Å². The molecule has 0 fully saturated rings. The predicted molar refractivity (Wildman–Crippen MR) is 123 cm³/mol. The summed E-state index contributed by atoms with van der Waals surface area (Å²) in [5, 5.41) is 3.62. The van der Waals surface area contributed by atoms with E-state index in [0.29, 0.717) is 16.8 Å². The highest BCUT2D eigenvalue weighted by Gasteiger charge is 2.18. The number of anilines is 2. The van der Waals surface area contributed by atoms with E-state index in [2.05, 4.69) is 15.0 Å². The molecule has 1 aromatic heterocycles. The van der Waals surface area contributed by atoms with Gasteiger partial charge in [-0.1, -0.05) is 35.9 Å². The monoisotopic (exact) mass is 431 g/mol. The molecule has 0 aliphatic rings. The molecule has 0 unspecified atom stereocenters. The Morgan fingerprint density at radius 1 is 0.903 bits per heavy atom. The van der Waals surface area contributed by atoms with E-state index in [1.807, 2.05) is 44.2 Å². The molecule has 3 aromatic carbocycles. The number of hydrogen-bond donors (Lipinski definition) is 2. The molecule has 0 aliphatic heterocycles. The lowest BCUT2D eigenvalue weighted by atomic mass is 10.1. The summed E-state index contributed by atoms with van der Waals surface area (Å²) >= 11 is 0. The summed E-state index contributed by atoms with van der Waals surface area (Å²) in [6.45, 7) is 3.93. The number of carbonyl (C=O) groups is 1. The number of nitrogens with zero attached hydrogens (tertiary/aromatic N) is 1. The van der Waals surface area contributed by atoms with E-state index in [1.54, 1.807) is 42.6 Å². The van der Waals surface area contributed by atoms with E-state index in [0.717, 1.165) is 22.2 Å². The number of aryl methyl sites for hydroxylation is 2. The largest absolute Gasteiger partial charge is 0.322 e. The molecule has 0 saturated carbocycles. The second-order valence-electron chi connectivity index (χ2n) is 7.29. The van der Waals surface area contributed by atoms with Gasteiger partial charge in [-0.05, 0) is 61.9 Å². The van der Waals surface area contributed by atoms with E-state index in [9.17, 15) is 13.2 Å². The first kappa shape index (κ1) is 20.6. The van der Waals surface area contributed by atoms with Crippen LogP contribution in [0.2, 0.25) is 0 Å². The molecule has 0 bridgehead atoms. The van der Waals surface area contributed by atoms with Gasteiger partial charge in [0.1, 0.15) is 4.90 Å². The first-order valence-corrected chi connectivity index (χ1v) is 11.2. The summed E-state index contributed by atoms with van der Waals surface area (Å²) in [4.78, 5) is 16.9. The lowest BCUT2D eigenvalue weighted by molar-refractivity contribution is 0.102. The number of rotatable bonds is 5. The Labute approximate surface area is 181 Å². The standard InChI is InChI=1S/C24H21N3O3S/c1-16-8-13-21(17(2)15-16)26-24(28)19-9-11-20(12-10-19)27-31(29,30)22-7-3-5-18-6-4-14-25-23(18)22/h3-15,27H,1-2H3,(H,26,28). The number of fused-ring (bicyclic) bond motifs is 1. The van der Waals surface area contributed by atoms with E-state index in [4.69, 9.17) is 0 Å². The Kier molecular flexibility index (Phi) is 5.44. The number of sulfonamides is 1. The van der Waals surface area contributed by atoms with Gasteiger partial charge in [0.15, 0.2) is 0 Å². The van der Waals surface area contributed by atoms with E-state index < -0.39 is 10.0 Å². The fourth-order valence-electron chi connectivity index (χ4n) is 3.34. The third-order valence-electron chi connectivity index (χ3n) is 4.91. The fraction of sp³-hybridized carbons (Fsp3) is 0.0833. The molecule has 0 aliphatic carbocycles. The van der Waals surface area contributed by atoms with Gasteiger partial charge in [0.05, 0.1) is 5.52 Å². The van der Waals surface area contributed by atoms with Crippen molar-refractivity contribution in [3.8, 4) is 0 Å². The molecule has 7 heteroatoms. The molecule has 1 heterocycles. The average molecular weight is 432 g/mol. The highest BCUT2D eigenvalue weighted by Crippen LogP contribution is 2.24. The van der Waals surface area contributed by atoms with Crippen molar-refractivity contribution in [3.05, 3.63) is 95.7 Å². The number of amides is 1. The summed E-state index contributed by atoms with van der Waals surface area (Å²) in [6, 6.07) is 20.7. The molecule has 1 amide bonds. The lowest BCUT2D eigenvalue weighted by Crippen LogP contribution is -2.15.